The molecule has 31 heavy (non-hydrogen) atoms. The van der Waals surface area contributed by atoms with Crippen LogP contribution in [0.2, 0.25) is 0 Å². The van der Waals surface area contributed by atoms with Crippen LogP contribution in [0.4, 0.5) is 5.82 Å². The Balaban J connectivity index is 1.84. The maximum atomic E-state index is 12.6. The second kappa shape index (κ2) is 9.55. The summed E-state index contributed by atoms with van der Waals surface area (Å²) in [5.74, 6) is 0.109. The van der Waals surface area contributed by atoms with Gasteiger partial charge in [-0.25, -0.2) is 9.97 Å². The van der Waals surface area contributed by atoms with E-state index in [1.54, 1.807) is 17.2 Å². The second-order valence-electron chi connectivity index (χ2n) is 7.71. The Morgan fingerprint density at radius 2 is 2.06 bits per heavy atom. The van der Waals surface area contributed by atoms with Gasteiger partial charge in [0.2, 0.25) is 11.8 Å². The van der Waals surface area contributed by atoms with Crippen LogP contribution in [0.15, 0.2) is 18.6 Å². The van der Waals surface area contributed by atoms with Gasteiger partial charge in [-0.05, 0) is 18.4 Å². The average molecular weight is 426 g/mol. The van der Waals surface area contributed by atoms with Crippen LogP contribution in [-0.2, 0) is 14.3 Å². The highest BCUT2D eigenvalue weighted by atomic mass is 16.5. The Kier molecular flexibility index (Phi) is 6.84. The van der Waals surface area contributed by atoms with Gasteiger partial charge in [0.25, 0.3) is 0 Å². The van der Waals surface area contributed by atoms with E-state index in [-0.39, 0.29) is 37.1 Å². The lowest BCUT2D eigenvalue weighted by atomic mass is 9.92. The topological polar surface area (TPSA) is 121 Å². The average Bonchev–Trinajstić information content (AvgIpc) is 3.21. The lowest BCUT2D eigenvalue weighted by Crippen LogP contribution is -2.52. The molecular formula is C21H26N6O4. The summed E-state index contributed by atoms with van der Waals surface area (Å²) in [5, 5.41) is 9.55. The molecule has 0 spiro atoms. The van der Waals surface area contributed by atoms with Crippen LogP contribution >= 0.6 is 0 Å². The number of hydrogen-bond donors (Lipinski definition) is 0. The van der Waals surface area contributed by atoms with Gasteiger partial charge in [0.1, 0.15) is 18.6 Å². The summed E-state index contributed by atoms with van der Waals surface area (Å²) in [6.07, 6.45) is 3.75. The smallest absolute Gasteiger partial charge is 0.306 e. The van der Waals surface area contributed by atoms with Crippen molar-refractivity contribution in [3.63, 3.8) is 0 Å². The summed E-state index contributed by atoms with van der Waals surface area (Å²) in [7, 11) is 3.20. The first-order chi connectivity index (χ1) is 14.9. The maximum Gasteiger partial charge on any atom is 0.306 e. The van der Waals surface area contributed by atoms with E-state index in [1.165, 1.54) is 18.0 Å². The molecule has 0 aliphatic carbocycles. The van der Waals surface area contributed by atoms with Crippen molar-refractivity contribution in [2.24, 2.45) is 5.92 Å². The third-order valence-electron chi connectivity index (χ3n) is 5.83. The van der Waals surface area contributed by atoms with Crippen molar-refractivity contribution in [2.75, 3.05) is 32.1 Å². The first-order valence-corrected chi connectivity index (χ1v) is 10.2. The summed E-state index contributed by atoms with van der Waals surface area (Å²) >= 11 is 0. The Morgan fingerprint density at radius 3 is 2.77 bits per heavy atom. The molecule has 10 heteroatoms. The number of carbonyl (C=O) groups excluding carboxylic acids is 3. The van der Waals surface area contributed by atoms with Crippen LogP contribution in [0, 0.1) is 17.2 Å². The van der Waals surface area contributed by atoms with Crippen molar-refractivity contribution in [1.29, 1.82) is 5.26 Å². The zero-order valence-corrected chi connectivity index (χ0v) is 17.9. The minimum absolute atomic E-state index is 0.000993. The molecule has 3 rings (SSSR count). The molecular weight excluding hydrogens is 400 g/mol. The quantitative estimate of drug-likeness (QED) is 0.639. The molecule has 0 bridgehead atoms. The Bertz CT molecular complexity index is 1030. The molecule has 1 aliphatic rings. The number of rotatable bonds is 6. The molecule has 1 fully saturated rings. The number of nitriles is 1. The number of esters is 1. The second-order valence-corrected chi connectivity index (χ2v) is 7.71. The first-order valence-electron chi connectivity index (χ1n) is 10.2. The van der Waals surface area contributed by atoms with Crippen LogP contribution in [0.3, 0.4) is 0 Å². The van der Waals surface area contributed by atoms with Gasteiger partial charge in [-0.2, -0.15) is 5.26 Å². The predicted molar refractivity (Wildman–Crippen MR) is 112 cm³/mol. The Morgan fingerprint density at radius 1 is 1.29 bits per heavy atom. The molecule has 2 aromatic rings. The van der Waals surface area contributed by atoms with Gasteiger partial charge < -0.3 is 14.5 Å². The van der Waals surface area contributed by atoms with Crippen molar-refractivity contribution in [3.8, 4) is 6.07 Å². The van der Waals surface area contributed by atoms with Crippen molar-refractivity contribution in [3.05, 3.63) is 18.6 Å². The number of piperidine rings is 1. The Hall–Kier alpha value is -3.48. The molecule has 10 nitrogen and oxygen atoms in total. The third kappa shape index (κ3) is 4.66. The molecule has 2 atom stereocenters. The lowest BCUT2D eigenvalue weighted by molar-refractivity contribution is -0.140. The molecule has 0 saturated carbocycles. The highest BCUT2D eigenvalue weighted by molar-refractivity contribution is 5.96. The van der Waals surface area contributed by atoms with E-state index in [4.69, 9.17) is 5.26 Å². The summed E-state index contributed by atoms with van der Waals surface area (Å²) in [4.78, 5) is 48.6. The van der Waals surface area contributed by atoms with Gasteiger partial charge >= 0.3 is 5.97 Å². The monoisotopic (exact) mass is 426 g/mol. The van der Waals surface area contributed by atoms with Crippen LogP contribution in [0.1, 0.15) is 37.4 Å². The number of likely N-dealkylation sites (N-methyl/N-ethyl adjacent to an activating group) is 1. The minimum Gasteiger partial charge on any atom is -0.469 e. The number of anilines is 1. The lowest BCUT2D eigenvalue weighted by Gasteiger charge is -2.42. The highest BCUT2D eigenvalue weighted by Gasteiger charge is 2.32. The summed E-state index contributed by atoms with van der Waals surface area (Å²) in [5.41, 5.74) is 0.465. The van der Waals surface area contributed by atoms with Gasteiger partial charge in [-0.1, -0.05) is 6.92 Å². The van der Waals surface area contributed by atoms with Crippen LogP contribution in [0.25, 0.3) is 11.0 Å². The fourth-order valence-electron chi connectivity index (χ4n) is 3.97. The van der Waals surface area contributed by atoms with Gasteiger partial charge in [0.05, 0.1) is 31.0 Å². The molecule has 2 aromatic heterocycles. The molecule has 0 N–H and O–H groups in total. The standard InChI is InChI=1S/C21H26N6O4/c1-14-7-10-26(17(28)6-9-22)12-16(14)25(2)20-15-8-11-27(21(15)24-13-23-20)18(29)4-5-19(30)31-3/h8,11,13-14,16H,4-7,10,12H2,1-3H3/t14-,16+/m1/s1. The summed E-state index contributed by atoms with van der Waals surface area (Å²) in [6.45, 7) is 3.27. The largest absolute Gasteiger partial charge is 0.469 e. The summed E-state index contributed by atoms with van der Waals surface area (Å²) in [6, 6.07) is 3.71. The van der Waals surface area contributed by atoms with E-state index in [1.807, 2.05) is 18.0 Å². The third-order valence-corrected chi connectivity index (χ3v) is 5.83. The molecule has 1 amide bonds. The molecule has 164 valence electrons. The highest BCUT2D eigenvalue weighted by Crippen LogP contribution is 2.29. The van der Waals surface area contributed by atoms with Gasteiger partial charge in [0, 0.05) is 32.8 Å². The number of fused-ring (bicyclic) bond motifs is 1. The summed E-state index contributed by atoms with van der Waals surface area (Å²) < 4.78 is 6.02. The fraction of sp³-hybridized carbons (Fsp3) is 0.524. The SMILES string of the molecule is COC(=O)CCC(=O)n1ccc2c(N(C)[C@H]3CN(C(=O)CC#N)CC[C@H]3C)ncnc21. The molecule has 0 aromatic carbocycles. The molecule has 0 unspecified atom stereocenters. The van der Waals surface area contributed by atoms with Crippen molar-refractivity contribution in [2.45, 2.75) is 38.6 Å². The number of hydrogen-bond acceptors (Lipinski definition) is 8. The van der Waals surface area contributed by atoms with E-state index in [0.717, 1.165) is 6.42 Å². The van der Waals surface area contributed by atoms with E-state index in [0.29, 0.717) is 35.9 Å². The van der Waals surface area contributed by atoms with Gasteiger partial charge in [-0.3, -0.25) is 19.0 Å². The van der Waals surface area contributed by atoms with Crippen molar-refractivity contribution >= 4 is 34.6 Å². The zero-order valence-electron chi connectivity index (χ0n) is 17.9. The molecule has 1 aliphatic heterocycles. The number of methoxy groups -OCH3 is 1. The molecule has 0 radical (unpaired) electrons. The number of carbonyl (C=O) groups is 3. The fourth-order valence-corrected chi connectivity index (χ4v) is 3.97. The molecule has 3 heterocycles. The van der Waals surface area contributed by atoms with Crippen LogP contribution in [0.5, 0.6) is 0 Å². The van der Waals surface area contributed by atoms with Crippen LogP contribution in [-0.4, -0.2) is 70.5 Å². The van der Waals surface area contributed by atoms with Gasteiger partial charge in [-0.15, -0.1) is 0 Å². The number of aromatic nitrogens is 3. The van der Waals surface area contributed by atoms with E-state index in [9.17, 15) is 14.4 Å². The maximum absolute atomic E-state index is 12.6. The van der Waals surface area contributed by atoms with E-state index >= 15 is 0 Å². The zero-order chi connectivity index (χ0) is 22.5. The van der Waals surface area contributed by atoms with Crippen molar-refractivity contribution < 1.29 is 19.1 Å². The number of ether oxygens (including phenoxy) is 1. The normalized spacial score (nSPS) is 18.5. The molecule has 1 saturated heterocycles. The minimum atomic E-state index is -0.443. The number of amides is 1. The predicted octanol–water partition coefficient (Wildman–Crippen LogP) is 1.61. The number of nitrogens with zero attached hydrogens (tertiary/aromatic N) is 6. The first kappa shape index (κ1) is 22.2. The van der Waals surface area contributed by atoms with E-state index < -0.39 is 5.97 Å². The van der Waals surface area contributed by atoms with Crippen LogP contribution < -0.4 is 4.90 Å². The van der Waals surface area contributed by atoms with Crippen molar-refractivity contribution in [1.82, 2.24) is 19.4 Å². The van der Waals surface area contributed by atoms with E-state index in [2.05, 4.69) is 21.6 Å². The number of likely N-dealkylation sites (tertiary alicyclic amines) is 1. The van der Waals surface area contributed by atoms with Gasteiger partial charge in [0.15, 0.2) is 5.65 Å². The Labute approximate surface area is 180 Å².